The molecular formula is C6H14S6. The van der Waals surface area contributed by atoms with Crippen molar-refractivity contribution in [2.24, 2.45) is 0 Å². The molecule has 0 aliphatic rings. The second-order valence-corrected chi connectivity index (χ2v) is 13.5. The minimum atomic E-state index is 0.470. The summed E-state index contributed by atoms with van der Waals surface area (Å²) in [6.45, 7) is 9.18. The highest BCUT2D eigenvalue weighted by atomic mass is 33.3. The lowest BCUT2D eigenvalue weighted by Crippen LogP contribution is -2.14. The lowest BCUT2D eigenvalue weighted by atomic mass is 10.6. The SMILES string of the molecule is CC(C)S(=S=S=S=S=S)C(C)C. The largest absolute Gasteiger partial charge is 0.116 e. The molecule has 6 heteroatoms. The van der Waals surface area contributed by atoms with Crippen molar-refractivity contribution in [2.75, 3.05) is 0 Å². The molecule has 74 valence electrons. The van der Waals surface area contributed by atoms with Crippen molar-refractivity contribution in [3.05, 3.63) is 0 Å². The first kappa shape index (κ1) is 13.4. The van der Waals surface area contributed by atoms with Crippen molar-refractivity contribution in [1.29, 1.82) is 0 Å². The van der Waals surface area contributed by atoms with Gasteiger partial charge in [0.15, 0.2) is 0 Å². The van der Waals surface area contributed by atoms with Gasteiger partial charge in [0, 0.05) is 10.5 Å². The molecule has 12 heavy (non-hydrogen) atoms. The molecule has 0 aliphatic carbocycles. The van der Waals surface area contributed by atoms with E-state index in [9.17, 15) is 0 Å². The van der Waals surface area contributed by atoms with Crippen LogP contribution in [0.2, 0.25) is 0 Å². The average Bonchev–Trinajstić information content (AvgIpc) is 1.96. The maximum Gasteiger partial charge on any atom is 0.00394 e. The van der Waals surface area contributed by atoms with Crippen LogP contribution in [0.4, 0.5) is 0 Å². The van der Waals surface area contributed by atoms with Gasteiger partial charge in [-0.25, -0.2) is 0 Å². The molecule has 0 aromatic heterocycles. The van der Waals surface area contributed by atoms with Gasteiger partial charge in [-0.15, -0.1) is 9.45 Å². The summed E-state index contributed by atoms with van der Waals surface area (Å²) in [5.74, 6) is 0. The van der Waals surface area contributed by atoms with Crippen molar-refractivity contribution in [2.45, 2.75) is 38.2 Å². The Kier molecular flexibility index (Phi) is 8.76. The zero-order valence-electron chi connectivity index (χ0n) is 7.60. The van der Waals surface area contributed by atoms with Crippen LogP contribution in [-0.2, 0) is 56.2 Å². The number of hydrogen-bond donors (Lipinski definition) is 0. The zero-order valence-corrected chi connectivity index (χ0v) is 12.5. The van der Waals surface area contributed by atoms with E-state index in [-0.39, 0.29) is 0 Å². The quantitative estimate of drug-likeness (QED) is 0.743. The molecule has 0 aliphatic heterocycles. The summed E-state index contributed by atoms with van der Waals surface area (Å²) in [6, 6.07) is 0. The molecule has 0 spiro atoms. The Balaban J connectivity index is 5.13. The van der Waals surface area contributed by atoms with Crippen LogP contribution in [0.15, 0.2) is 0 Å². The van der Waals surface area contributed by atoms with Gasteiger partial charge in [0.05, 0.1) is 0 Å². The normalized spacial score (nSPS) is 10.6. The second kappa shape index (κ2) is 7.82. The Hall–Kier alpha value is 1.45. The molecule has 0 N–H and O–H groups in total. The van der Waals surface area contributed by atoms with Gasteiger partial charge in [-0.05, 0) is 46.7 Å². The zero-order chi connectivity index (χ0) is 9.56. The first-order valence-electron chi connectivity index (χ1n) is 3.61. The lowest BCUT2D eigenvalue weighted by Gasteiger charge is -2.12. The topological polar surface area (TPSA) is 0 Å². The summed E-state index contributed by atoms with van der Waals surface area (Å²) in [5.41, 5.74) is 0. The van der Waals surface area contributed by atoms with Gasteiger partial charge < -0.3 is 0 Å². The van der Waals surface area contributed by atoms with E-state index in [4.69, 9.17) is 11.2 Å². The van der Waals surface area contributed by atoms with Crippen LogP contribution < -0.4 is 0 Å². The van der Waals surface area contributed by atoms with Crippen LogP contribution in [-0.4, -0.2) is 10.5 Å². The fraction of sp³-hybridized carbons (Fsp3) is 1.00. The first-order valence-corrected chi connectivity index (χ1v) is 11.2. The summed E-state index contributed by atoms with van der Waals surface area (Å²) in [5, 5.41) is 1.55. The van der Waals surface area contributed by atoms with E-state index in [1.165, 1.54) is 8.88 Å². The predicted molar refractivity (Wildman–Crippen MR) is 74.5 cm³/mol. The highest BCUT2D eigenvalue weighted by Gasteiger charge is 2.04. The minimum Gasteiger partial charge on any atom is -0.116 e. The van der Waals surface area contributed by atoms with E-state index < -0.39 is 0 Å². The molecule has 0 radical (unpaired) electrons. The molecule has 0 heterocycles. The third kappa shape index (κ3) is 5.99. The summed E-state index contributed by atoms with van der Waals surface area (Å²) in [7, 11) is 7.38. The molecule has 0 fully saturated rings. The Morgan fingerprint density at radius 3 is 1.83 bits per heavy atom. The molecule has 0 aromatic rings. The summed E-state index contributed by atoms with van der Waals surface area (Å²) >= 11 is 4.78. The molecular weight excluding hydrogens is 264 g/mol. The summed E-state index contributed by atoms with van der Waals surface area (Å²) in [4.78, 5) is 0. The molecule has 0 saturated heterocycles. The Morgan fingerprint density at radius 2 is 1.50 bits per heavy atom. The van der Waals surface area contributed by atoms with Gasteiger partial charge in [0.25, 0.3) is 0 Å². The summed E-state index contributed by atoms with van der Waals surface area (Å²) < 4.78 is 0. The van der Waals surface area contributed by atoms with E-state index in [0.717, 1.165) is 10.5 Å². The van der Waals surface area contributed by atoms with Gasteiger partial charge in [-0.1, -0.05) is 27.7 Å². The number of rotatable bonds is 2. The van der Waals surface area contributed by atoms with Gasteiger partial charge in [-0.2, -0.15) is 0 Å². The Morgan fingerprint density at radius 1 is 1.00 bits per heavy atom. The Bertz CT molecular complexity index is 282. The van der Waals surface area contributed by atoms with E-state index >= 15 is 0 Å². The highest BCUT2D eigenvalue weighted by Crippen LogP contribution is 2.02. The van der Waals surface area contributed by atoms with Crippen molar-refractivity contribution >= 4 is 56.2 Å². The molecule has 0 amide bonds. The average molecular weight is 279 g/mol. The van der Waals surface area contributed by atoms with Crippen LogP contribution in [0.25, 0.3) is 0 Å². The van der Waals surface area contributed by atoms with Crippen LogP contribution in [0.5, 0.6) is 0 Å². The molecule has 0 saturated carbocycles. The lowest BCUT2D eigenvalue weighted by molar-refractivity contribution is 1.04. The molecule has 0 aromatic carbocycles. The van der Waals surface area contributed by atoms with Gasteiger partial charge >= 0.3 is 0 Å². The molecule has 0 bridgehead atoms. The van der Waals surface area contributed by atoms with Crippen molar-refractivity contribution in [3.63, 3.8) is 0 Å². The van der Waals surface area contributed by atoms with E-state index in [0.29, 0.717) is 9.45 Å². The van der Waals surface area contributed by atoms with E-state index in [2.05, 4.69) is 27.7 Å². The van der Waals surface area contributed by atoms with Crippen molar-refractivity contribution in [3.8, 4) is 0 Å². The maximum atomic E-state index is 4.78. The standard InChI is InChI=1S/C6H14S6/c1-5(2)12(6(3)4)11-10-9-8-7/h5-6H,1-4H3. The Labute approximate surface area is 93.6 Å². The van der Waals surface area contributed by atoms with Gasteiger partial charge in [0.1, 0.15) is 0 Å². The monoisotopic (exact) mass is 278 g/mol. The minimum absolute atomic E-state index is 0.470. The van der Waals surface area contributed by atoms with Crippen molar-refractivity contribution in [1.82, 2.24) is 0 Å². The third-order valence-electron chi connectivity index (χ3n) is 1.09. The molecule has 0 atom stereocenters. The van der Waals surface area contributed by atoms with Crippen molar-refractivity contribution < 1.29 is 0 Å². The predicted octanol–water partition coefficient (Wildman–Crippen LogP) is 1.87. The first-order chi connectivity index (χ1) is 5.59. The van der Waals surface area contributed by atoms with E-state index in [1.807, 2.05) is 17.8 Å². The fourth-order valence-corrected chi connectivity index (χ4v) is 14.0. The van der Waals surface area contributed by atoms with Crippen LogP contribution in [0.3, 0.4) is 0 Å². The smallest absolute Gasteiger partial charge is 0.00394 e. The van der Waals surface area contributed by atoms with Crippen LogP contribution in [0.1, 0.15) is 27.7 Å². The highest BCUT2D eigenvalue weighted by molar-refractivity contribution is 8.67. The maximum absolute atomic E-state index is 4.78. The number of hydrogen-bond acceptors (Lipinski definition) is 1. The van der Waals surface area contributed by atoms with Gasteiger partial charge in [-0.3, -0.25) is 0 Å². The molecule has 0 unspecified atom stereocenters. The van der Waals surface area contributed by atoms with E-state index in [1.54, 1.807) is 8.88 Å². The molecule has 0 nitrogen and oxygen atoms in total. The second-order valence-electron chi connectivity index (χ2n) is 2.70. The van der Waals surface area contributed by atoms with Crippen LogP contribution >= 0.6 is 0 Å². The van der Waals surface area contributed by atoms with Crippen LogP contribution in [0, 0.1) is 0 Å². The third-order valence-corrected chi connectivity index (χ3v) is 14.0. The summed E-state index contributed by atoms with van der Waals surface area (Å²) in [6.07, 6.45) is 0. The molecule has 0 rings (SSSR count). The van der Waals surface area contributed by atoms with Gasteiger partial charge in [0.2, 0.25) is 0 Å². The fourth-order valence-electron chi connectivity index (χ4n) is 0.756.